The number of aromatic nitrogens is 2. The summed E-state index contributed by atoms with van der Waals surface area (Å²) in [4.78, 5) is 8.15. The average molecular weight is 339 g/mol. The summed E-state index contributed by atoms with van der Waals surface area (Å²) in [6, 6.07) is 5.26. The standard InChI is InChI=1S/C16H16Cl2N2O2/c1-15(2)8-21-16(22-9-15,11-6-19-10-20-7-11)13-4-3-12(17)5-14(13)18/h3-7,10H,8-9H2,1-2H3. The molecule has 1 aliphatic heterocycles. The van der Waals surface area contributed by atoms with E-state index in [9.17, 15) is 0 Å². The molecule has 3 rings (SSSR count). The fraction of sp³-hybridized carbons (Fsp3) is 0.375. The van der Waals surface area contributed by atoms with E-state index in [4.69, 9.17) is 32.7 Å². The molecule has 0 atom stereocenters. The molecule has 2 aromatic rings. The highest BCUT2D eigenvalue weighted by Gasteiger charge is 2.45. The van der Waals surface area contributed by atoms with Gasteiger partial charge in [-0.05, 0) is 12.1 Å². The van der Waals surface area contributed by atoms with E-state index in [2.05, 4.69) is 23.8 Å². The van der Waals surface area contributed by atoms with Crippen molar-refractivity contribution in [3.05, 3.63) is 58.1 Å². The number of hydrogen-bond donors (Lipinski definition) is 0. The van der Waals surface area contributed by atoms with Crippen molar-refractivity contribution in [1.82, 2.24) is 9.97 Å². The van der Waals surface area contributed by atoms with Crippen LogP contribution in [-0.4, -0.2) is 23.2 Å². The van der Waals surface area contributed by atoms with E-state index in [0.29, 0.717) is 34.4 Å². The average Bonchev–Trinajstić information content (AvgIpc) is 2.49. The normalized spacial score (nSPS) is 19.8. The first-order chi connectivity index (χ1) is 10.4. The first-order valence-corrected chi connectivity index (χ1v) is 7.67. The van der Waals surface area contributed by atoms with E-state index < -0.39 is 5.79 Å². The molecule has 0 bridgehead atoms. The Morgan fingerprint density at radius 2 is 1.68 bits per heavy atom. The first-order valence-electron chi connectivity index (χ1n) is 6.92. The largest absolute Gasteiger partial charge is 0.341 e. The van der Waals surface area contributed by atoms with Crippen LogP contribution in [0.2, 0.25) is 10.0 Å². The van der Waals surface area contributed by atoms with E-state index in [1.54, 1.807) is 24.5 Å². The zero-order chi connectivity index (χ0) is 15.8. The SMILES string of the molecule is CC1(C)COC(c2cncnc2)(c2ccc(Cl)cc2Cl)OC1. The van der Waals surface area contributed by atoms with Crippen LogP contribution in [0, 0.1) is 5.41 Å². The number of nitrogens with zero attached hydrogens (tertiary/aromatic N) is 2. The highest BCUT2D eigenvalue weighted by atomic mass is 35.5. The lowest BCUT2D eigenvalue weighted by Gasteiger charge is -2.43. The number of rotatable bonds is 2. The second-order valence-electron chi connectivity index (χ2n) is 6.11. The van der Waals surface area contributed by atoms with Crippen molar-refractivity contribution in [2.75, 3.05) is 13.2 Å². The molecule has 22 heavy (non-hydrogen) atoms. The molecule has 116 valence electrons. The molecule has 0 N–H and O–H groups in total. The smallest absolute Gasteiger partial charge is 0.226 e. The Labute approximate surface area is 139 Å². The maximum absolute atomic E-state index is 6.39. The van der Waals surface area contributed by atoms with Crippen LogP contribution < -0.4 is 0 Å². The zero-order valence-corrected chi connectivity index (χ0v) is 13.9. The fourth-order valence-electron chi connectivity index (χ4n) is 2.38. The van der Waals surface area contributed by atoms with Crippen LogP contribution in [0.15, 0.2) is 36.9 Å². The number of ether oxygens (including phenoxy) is 2. The Morgan fingerprint density at radius 3 is 2.27 bits per heavy atom. The molecule has 4 nitrogen and oxygen atoms in total. The minimum absolute atomic E-state index is 0.0714. The summed E-state index contributed by atoms with van der Waals surface area (Å²) in [6.45, 7) is 5.23. The molecule has 0 unspecified atom stereocenters. The van der Waals surface area contributed by atoms with Gasteiger partial charge in [0.2, 0.25) is 5.79 Å². The number of hydrogen-bond acceptors (Lipinski definition) is 4. The van der Waals surface area contributed by atoms with Crippen molar-refractivity contribution in [2.24, 2.45) is 5.41 Å². The first kappa shape index (κ1) is 15.7. The summed E-state index contributed by atoms with van der Waals surface area (Å²) < 4.78 is 12.3. The molecule has 1 fully saturated rings. The maximum atomic E-state index is 6.39. The van der Waals surface area contributed by atoms with Gasteiger partial charge in [0.15, 0.2) is 0 Å². The van der Waals surface area contributed by atoms with Crippen LogP contribution in [0.3, 0.4) is 0 Å². The van der Waals surface area contributed by atoms with Gasteiger partial charge in [-0.15, -0.1) is 0 Å². The third-order valence-electron chi connectivity index (χ3n) is 3.56. The molecule has 0 spiro atoms. The van der Waals surface area contributed by atoms with Gasteiger partial charge in [0, 0.05) is 28.4 Å². The van der Waals surface area contributed by atoms with Gasteiger partial charge in [-0.3, -0.25) is 0 Å². The van der Waals surface area contributed by atoms with Crippen LogP contribution in [-0.2, 0) is 15.3 Å². The van der Waals surface area contributed by atoms with E-state index in [-0.39, 0.29) is 5.41 Å². The Hall–Kier alpha value is -1.20. The number of halogens is 2. The molecule has 0 aliphatic carbocycles. The van der Waals surface area contributed by atoms with E-state index in [1.807, 2.05) is 6.07 Å². The van der Waals surface area contributed by atoms with Gasteiger partial charge in [0.05, 0.1) is 23.8 Å². The van der Waals surface area contributed by atoms with Gasteiger partial charge in [-0.2, -0.15) is 0 Å². The third-order valence-corrected chi connectivity index (χ3v) is 4.11. The van der Waals surface area contributed by atoms with Gasteiger partial charge < -0.3 is 9.47 Å². The van der Waals surface area contributed by atoms with Crippen LogP contribution in [0.1, 0.15) is 25.0 Å². The van der Waals surface area contributed by atoms with Crippen LogP contribution in [0.5, 0.6) is 0 Å². The molecule has 0 amide bonds. The molecule has 1 aromatic carbocycles. The second-order valence-corrected chi connectivity index (χ2v) is 6.95. The predicted molar refractivity (Wildman–Crippen MR) is 85.0 cm³/mol. The second kappa shape index (κ2) is 5.78. The highest BCUT2D eigenvalue weighted by Crippen LogP contribution is 2.44. The van der Waals surface area contributed by atoms with Gasteiger partial charge in [0.25, 0.3) is 0 Å². The molecular weight excluding hydrogens is 323 g/mol. The van der Waals surface area contributed by atoms with E-state index >= 15 is 0 Å². The lowest BCUT2D eigenvalue weighted by molar-refractivity contribution is -0.284. The van der Waals surface area contributed by atoms with Crippen molar-refractivity contribution in [1.29, 1.82) is 0 Å². The van der Waals surface area contributed by atoms with Gasteiger partial charge in [-0.25, -0.2) is 9.97 Å². The highest BCUT2D eigenvalue weighted by molar-refractivity contribution is 6.35. The van der Waals surface area contributed by atoms with Crippen molar-refractivity contribution in [3.8, 4) is 0 Å². The minimum Gasteiger partial charge on any atom is -0.341 e. The monoisotopic (exact) mass is 338 g/mol. The Kier molecular flexibility index (Phi) is 4.12. The van der Waals surface area contributed by atoms with Crippen molar-refractivity contribution >= 4 is 23.2 Å². The van der Waals surface area contributed by atoms with Crippen molar-refractivity contribution < 1.29 is 9.47 Å². The lowest BCUT2D eigenvalue weighted by atomic mass is 9.91. The van der Waals surface area contributed by atoms with Crippen LogP contribution in [0.4, 0.5) is 0 Å². The molecule has 6 heteroatoms. The van der Waals surface area contributed by atoms with Gasteiger partial charge in [-0.1, -0.05) is 43.1 Å². The van der Waals surface area contributed by atoms with Crippen molar-refractivity contribution in [3.63, 3.8) is 0 Å². The Morgan fingerprint density at radius 1 is 1.05 bits per heavy atom. The molecule has 1 aliphatic rings. The van der Waals surface area contributed by atoms with Crippen molar-refractivity contribution in [2.45, 2.75) is 19.6 Å². The quantitative estimate of drug-likeness (QED) is 0.828. The molecule has 0 saturated carbocycles. The number of benzene rings is 1. The van der Waals surface area contributed by atoms with Crippen LogP contribution >= 0.6 is 23.2 Å². The fourth-order valence-corrected chi connectivity index (χ4v) is 2.91. The third kappa shape index (κ3) is 2.84. The molecule has 2 heterocycles. The Balaban J connectivity index is 2.12. The topological polar surface area (TPSA) is 44.2 Å². The summed E-state index contributed by atoms with van der Waals surface area (Å²) in [5, 5.41) is 1.04. The zero-order valence-electron chi connectivity index (χ0n) is 12.3. The molecule has 1 aromatic heterocycles. The lowest BCUT2D eigenvalue weighted by Crippen LogP contribution is -2.46. The maximum Gasteiger partial charge on any atom is 0.226 e. The molecular formula is C16H16Cl2N2O2. The summed E-state index contributed by atoms with van der Waals surface area (Å²) in [5.41, 5.74) is 1.33. The summed E-state index contributed by atoms with van der Waals surface area (Å²) in [7, 11) is 0. The minimum atomic E-state index is -1.11. The summed E-state index contributed by atoms with van der Waals surface area (Å²) in [5.74, 6) is -1.11. The van der Waals surface area contributed by atoms with Gasteiger partial charge in [0.1, 0.15) is 6.33 Å². The summed E-state index contributed by atoms with van der Waals surface area (Å²) in [6.07, 6.45) is 4.82. The Bertz CT molecular complexity index is 667. The summed E-state index contributed by atoms with van der Waals surface area (Å²) >= 11 is 12.4. The predicted octanol–water partition coefficient (Wildman–Crippen LogP) is 4.06. The molecule has 1 saturated heterocycles. The molecule has 0 radical (unpaired) electrons. The van der Waals surface area contributed by atoms with E-state index in [0.717, 1.165) is 0 Å². The van der Waals surface area contributed by atoms with Gasteiger partial charge >= 0.3 is 0 Å². The van der Waals surface area contributed by atoms with Crippen LogP contribution in [0.25, 0.3) is 0 Å². The van der Waals surface area contributed by atoms with E-state index in [1.165, 1.54) is 6.33 Å².